The van der Waals surface area contributed by atoms with Crippen LogP contribution in [0.1, 0.15) is 6.92 Å². The van der Waals surface area contributed by atoms with Crippen molar-refractivity contribution in [1.29, 1.82) is 0 Å². The topological polar surface area (TPSA) is 107 Å². The van der Waals surface area contributed by atoms with Gasteiger partial charge in [-0.1, -0.05) is 6.92 Å². The molecule has 0 aliphatic heterocycles. The summed E-state index contributed by atoms with van der Waals surface area (Å²) in [5.41, 5.74) is 6.70. The third-order valence-electron chi connectivity index (χ3n) is 2.76. The fraction of sp³-hybridized carbons (Fsp3) is 0.364. The smallest absolute Gasteiger partial charge is 0.210 e. The van der Waals surface area contributed by atoms with Crippen LogP contribution in [0.15, 0.2) is 22.5 Å². The van der Waals surface area contributed by atoms with Crippen LogP contribution in [0.4, 0.5) is 5.69 Å². The number of aromatic nitrogens is 1. The van der Waals surface area contributed by atoms with E-state index in [1.165, 1.54) is 6.92 Å². The molecule has 0 aliphatic rings. The van der Waals surface area contributed by atoms with Crippen LogP contribution in [0.3, 0.4) is 0 Å². The molecule has 0 amide bonds. The summed E-state index contributed by atoms with van der Waals surface area (Å²) in [6, 6.07) is 4.93. The van der Waals surface area contributed by atoms with Gasteiger partial charge in [0.1, 0.15) is 0 Å². The van der Waals surface area contributed by atoms with E-state index in [2.05, 4.69) is 4.98 Å². The molecule has 9 heteroatoms. The van der Waals surface area contributed by atoms with Gasteiger partial charge in [-0.15, -0.1) is 11.3 Å². The zero-order valence-corrected chi connectivity index (χ0v) is 13.2. The van der Waals surface area contributed by atoms with Crippen molar-refractivity contribution in [3.8, 4) is 0 Å². The third-order valence-corrected chi connectivity index (χ3v) is 7.92. The Hall–Kier alpha value is -1.19. The van der Waals surface area contributed by atoms with E-state index in [1.54, 1.807) is 18.2 Å². The molecule has 1 heterocycles. The van der Waals surface area contributed by atoms with E-state index in [0.717, 1.165) is 11.3 Å². The molecule has 0 aliphatic carbocycles. The van der Waals surface area contributed by atoms with Crippen LogP contribution in [-0.4, -0.2) is 39.1 Å². The first kappa shape index (κ1) is 15.2. The van der Waals surface area contributed by atoms with Crippen molar-refractivity contribution in [3.05, 3.63) is 18.2 Å². The number of sulfone groups is 2. The lowest BCUT2D eigenvalue weighted by atomic mass is 10.3. The standard InChI is InChI=1S/C11H14N2O4S3/c1-2-19(14,15)5-6-20(16,17)11-13-9-4-3-8(12)7-10(9)18-11/h3-4,7H,2,5-6,12H2,1H3. The first-order valence-electron chi connectivity index (χ1n) is 5.83. The number of benzene rings is 1. The van der Waals surface area contributed by atoms with E-state index >= 15 is 0 Å². The summed E-state index contributed by atoms with van der Waals surface area (Å²) in [5, 5.41) is 0. The molecule has 0 spiro atoms. The Labute approximate surface area is 121 Å². The lowest BCUT2D eigenvalue weighted by molar-refractivity contribution is 0.588. The molecule has 0 bridgehead atoms. The van der Waals surface area contributed by atoms with Crippen LogP contribution in [-0.2, 0) is 19.7 Å². The molecular formula is C11H14N2O4S3. The fourth-order valence-corrected chi connectivity index (χ4v) is 5.89. The van der Waals surface area contributed by atoms with Crippen LogP contribution in [0.5, 0.6) is 0 Å². The highest BCUT2D eigenvalue weighted by atomic mass is 32.2. The zero-order valence-electron chi connectivity index (χ0n) is 10.7. The second kappa shape index (κ2) is 5.30. The van der Waals surface area contributed by atoms with Crippen LogP contribution >= 0.6 is 11.3 Å². The van der Waals surface area contributed by atoms with Crippen molar-refractivity contribution in [3.63, 3.8) is 0 Å². The zero-order chi connectivity index (χ0) is 15.0. The van der Waals surface area contributed by atoms with Gasteiger partial charge in [0, 0.05) is 11.4 Å². The van der Waals surface area contributed by atoms with Gasteiger partial charge in [0.25, 0.3) is 0 Å². The van der Waals surface area contributed by atoms with Crippen LogP contribution in [0, 0.1) is 0 Å². The first-order valence-corrected chi connectivity index (χ1v) is 10.1. The number of nitrogen functional groups attached to an aromatic ring is 1. The molecule has 0 radical (unpaired) electrons. The normalized spacial score (nSPS) is 12.8. The lowest BCUT2D eigenvalue weighted by Crippen LogP contribution is -2.18. The monoisotopic (exact) mass is 334 g/mol. The maximum atomic E-state index is 12.1. The van der Waals surface area contributed by atoms with Gasteiger partial charge in [-0.3, -0.25) is 0 Å². The molecule has 110 valence electrons. The van der Waals surface area contributed by atoms with Gasteiger partial charge in [-0.05, 0) is 18.2 Å². The van der Waals surface area contributed by atoms with Gasteiger partial charge in [-0.25, -0.2) is 21.8 Å². The summed E-state index contributed by atoms with van der Waals surface area (Å²) in [5.74, 6) is -0.902. The molecular weight excluding hydrogens is 320 g/mol. The molecule has 0 saturated carbocycles. The summed E-state index contributed by atoms with van der Waals surface area (Å²) in [6.45, 7) is 1.49. The molecule has 1 aromatic carbocycles. The van der Waals surface area contributed by atoms with Gasteiger partial charge < -0.3 is 5.73 Å². The summed E-state index contributed by atoms with van der Waals surface area (Å²) < 4.78 is 47.6. The first-order chi connectivity index (χ1) is 9.23. The van der Waals surface area contributed by atoms with E-state index in [0.29, 0.717) is 15.9 Å². The Morgan fingerprint density at radius 3 is 2.55 bits per heavy atom. The summed E-state index contributed by atoms with van der Waals surface area (Å²) in [4.78, 5) is 4.03. The Kier molecular flexibility index (Phi) is 4.03. The van der Waals surface area contributed by atoms with Gasteiger partial charge in [-0.2, -0.15) is 0 Å². The lowest BCUT2D eigenvalue weighted by Gasteiger charge is -2.00. The number of anilines is 1. The second-order valence-electron chi connectivity index (χ2n) is 4.26. The molecule has 6 nitrogen and oxygen atoms in total. The molecule has 2 N–H and O–H groups in total. The molecule has 0 saturated heterocycles. The van der Waals surface area contributed by atoms with Crippen LogP contribution < -0.4 is 5.73 Å². The Balaban J connectivity index is 2.32. The Morgan fingerprint density at radius 1 is 1.20 bits per heavy atom. The van der Waals surface area contributed by atoms with Crippen LogP contribution in [0.25, 0.3) is 10.2 Å². The van der Waals surface area contributed by atoms with E-state index in [-0.39, 0.29) is 15.8 Å². The number of nitrogens with two attached hydrogens (primary N) is 1. The van der Waals surface area contributed by atoms with Crippen molar-refractivity contribution in [1.82, 2.24) is 4.98 Å². The maximum Gasteiger partial charge on any atom is 0.210 e. The highest BCUT2D eigenvalue weighted by molar-refractivity contribution is 7.96. The minimum absolute atomic E-state index is 0.0654. The average molecular weight is 334 g/mol. The molecule has 1 aromatic heterocycles. The molecule has 2 rings (SSSR count). The van der Waals surface area contributed by atoms with Gasteiger partial charge in [0.05, 0.1) is 21.7 Å². The number of fused-ring (bicyclic) bond motifs is 1. The third kappa shape index (κ3) is 3.28. The molecule has 0 unspecified atom stereocenters. The number of hydrogen-bond acceptors (Lipinski definition) is 7. The predicted molar refractivity (Wildman–Crippen MR) is 80.4 cm³/mol. The average Bonchev–Trinajstić information content (AvgIpc) is 2.80. The molecule has 0 fully saturated rings. The summed E-state index contributed by atoms with van der Waals surface area (Å²) in [6.07, 6.45) is 0. The van der Waals surface area contributed by atoms with E-state index in [4.69, 9.17) is 5.73 Å². The highest BCUT2D eigenvalue weighted by Crippen LogP contribution is 2.27. The highest BCUT2D eigenvalue weighted by Gasteiger charge is 2.22. The predicted octanol–water partition coefficient (Wildman–Crippen LogP) is 1.09. The molecule has 2 aromatic rings. The molecule has 20 heavy (non-hydrogen) atoms. The Bertz CT molecular complexity index is 838. The quantitative estimate of drug-likeness (QED) is 0.820. The van der Waals surface area contributed by atoms with E-state index in [9.17, 15) is 16.8 Å². The van der Waals surface area contributed by atoms with Crippen molar-refractivity contribution in [2.45, 2.75) is 11.3 Å². The maximum absolute atomic E-state index is 12.1. The van der Waals surface area contributed by atoms with Crippen molar-refractivity contribution in [2.75, 3.05) is 23.0 Å². The fourth-order valence-electron chi connectivity index (χ4n) is 1.52. The number of rotatable bonds is 5. The van der Waals surface area contributed by atoms with Crippen molar-refractivity contribution >= 4 is 46.9 Å². The van der Waals surface area contributed by atoms with Gasteiger partial charge >= 0.3 is 0 Å². The van der Waals surface area contributed by atoms with E-state index < -0.39 is 25.4 Å². The second-order valence-corrected chi connectivity index (χ2v) is 10.0. The minimum atomic E-state index is -3.69. The van der Waals surface area contributed by atoms with E-state index in [1.807, 2.05) is 0 Å². The van der Waals surface area contributed by atoms with Gasteiger partial charge in [0.15, 0.2) is 9.84 Å². The Morgan fingerprint density at radius 2 is 1.90 bits per heavy atom. The van der Waals surface area contributed by atoms with Crippen molar-refractivity contribution < 1.29 is 16.8 Å². The van der Waals surface area contributed by atoms with Crippen LogP contribution in [0.2, 0.25) is 0 Å². The number of hydrogen-bond donors (Lipinski definition) is 1. The SMILES string of the molecule is CCS(=O)(=O)CCS(=O)(=O)c1nc2ccc(N)cc2s1. The van der Waals surface area contributed by atoms with Crippen molar-refractivity contribution in [2.24, 2.45) is 0 Å². The van der Waals surface area contributed by atoms with Gasteiger partial charge in [0.2, 0.25) is 14.2 Å². The number of thiazole rings is 1. The molecule has 0 atom stereocenters. The largest absolute Gasteiger partial charge is 0.399 e. The minimum Gasteiger partial charge on any atom is -0.399 e. The number of nitrogens with zero attached hydrogens (tertiary/aromatic N) is 1. The summed E-state index contributed by atoms with van der Waals surface area (Å²) in [7, 11) is -7.01. The summed E-state index contributed by atoms with van der Waals surface area (Å²) >= 11 is 1.00.